The molecule has 0 aliphatic rings. The van der Waals surface area contributed by atoms with Crippen LogP contribution in [0.25, 0.3) is 0 Å². The Balaban J connectivity index is 2.69. The molecule has 0 bridgehead atoms. The third-order valence-electron chi connectivity index (χ3n) is 3.55. The monoisotopic (exact) mass is 234 g/mol. The lowest BCUT2D eigenvalue weighted by Crippen LogP contribution is -2.39. The number of hydrogen-bond donors (Lipinski definition) is 1. The first kappa shape index (κ1) is 14.2. The van der Waals surface area contributed by atoms with Crippen LogP contribution < -0.4 is 5.32 Å². The SMILES string of the molecule is CCNC(Cc1ccc(C)cn1)C(C)C(C)C. The molecule has 0 spiro atoms. The van der Waals surface area contributed by atoms with Crippen molar-refractivity contribution in [2.24, 2.45) is 11.8 Å². The predicted octanol–water partition coefficient (Wildman–Crippen LogP) is 3.20. The van der Waals surface area contributed by atoms with Crippen LogP contribution in [0.3, 0.4) is 0 Å². The van der Waals surface area contributed by atoms with Crippen LogP contribution in [0, 0.1) is 18.8 Å². The van der Waals surface area contributed by atoms with Gasteiger partial charge in [-0.25, -0.2) is 0 Å². The molecule has 2 atom stereocenters. The third kappa shape index (κ3) is 4.47. The molecule has 96 valence electrons. The van der Waals surface area contributed by atoms with Crippen molar-refractivity contribution in [3.8, 4) is 0 Å². The Kier molecular flexibility index (Phi) is 5.63. The quantitative estimate of drug-likeness (QED) is 0.817. The summed E-state index contributed by atoms with van der Waals surface area (Å²) in [5.74, 6) is 1.36. The van der Waals surface area contributed by atoms with Gasteiger partial charge in [0.05, 0.1) is 0 Å². The summed E-state index contributed by atoms with van der Waals surface area (Å²) >= 11 is 0. The lowest BCUT2D eigenvalue weighted by molar-refractivity contribution is 0.299. The standard InChI is InChI=1S/C15H26N2/c1-6-16-15(13(5)11(2)3)9-14-8-7-12(4)10-17-14/h7-8,10-11,13,15-16H,6,9H2,1-5H3. The van der Waals surface area contributed by atoms with Crippen LogP contribution in [0.5, 0.6) is 0 Å². The van der Waals surface area contributed by atoms with Crippen molar-refractivity contribution in [2.45, 2.75) is 47.1 Å². The zero-order valence-corrected chi connectivity index (χ0v) is 11.8. The highest BCUT2D eigenvalue weighted by Gasteiger charge is 2.19. The van der Waals surface area contributed by atoms with Crippen molar-refractivity contribution in [3.63, 3.8) is 0 Å². The Labute approximate surface area is 106 Å². The second-order valence-corrected chi connectivity index (χ2v) is 5.30. The highest BCUT2D eigenvalue weighted by molar-refractivity contribution is 5.13. The molecule has 1 aromatic rings. The molecule has 17 heavy (non-hydrogen) atoms. The fourth-order valence-electron chi connectivity index (χ4n) is 2.02. The van der Waals surface area contributed by atoms with Gasteiger partial charge < -0.3 is 5.32 Å². The van der Waals surface area contributed by atoms with Crippen LogP contribution in [-0.4, -0.2) is 17.6 Å². The van der Waals surface area contributed by atoms with Crippen LogP contribution in [0.1, 0.15) is 39.0 Å². The number of aromatic nitrogens is 1. The molecule has 2 nitrogen and oxygen atoms in total. The van der Waals surface area contributed by atoms with Gasteiger partial charge in [0.25, 0.3) is 0 Å². The van der Waals surface area contributed by atoms with Crippen molar-refractivity contribution in [1.82, 2.24) is 10.3 Å². The summed E-state index contributed by atoms with van der Waals surface area (Å²) in [5, 5.41) is 3.59. The van der Waals surface area contributed by atoms with Crippen LogP contribution in [-0.2, 0) is 6.42 Å². The zero-order chi connectivity index (χ0) is 12.8. The van der Waals surface area contributed by atoms with Gasteiger partial charge in [-0.2, -0.15) is 0 Å². The largest absolute Gasteiger partial charge is 0.314 e. The molecule has 1 rings (SSSR count). The maximum Gasteiger partial charge on any atom is 0.0419 e. The summed E-state index contributed by atoms with van der Waals surface area (Å²) in [6.07, 6.45) is 2.98. The summed E-state index contributed by atoms with van der Waals surface area (Å²) in [5.41, 5.74) is 2.42. The van der Waals surface area contributed by atoms with Gasteiger partial charge in [0.2, 0.25) is 0 Å². The molecule has 0 fully saturated rings. The average Bonchev–Trinajstić information content (AvgIpc) is 2.30. The number of hydrogen-bond acceptors (Lipinski definition) is 2. The van der Waals surface area contributed by atoms with Gasteiger partial charge >= 0.3 is 0 Å². The molecular formula is C15H26N2. The van der Waals surface area contributed by atoms with Crippen molar-refractivity contribution >= 4 is 0 Å². The summed E-state index contributed by atoms with van der Waals surface area (Å²) in [6.45, 7) is 12.2. The molecule has 0 amide bonds. The summed E-state index contributed by atoms with van der Waals surface area (Å²) < 4.78 is 0. The molecule has 1 aromatic heterocycles. The van der Waals surface area contributed by atoms with E-state index < -0.39 is 0 Å². The first-order valence-corrected chi connectivity index (χ1v) is 6.69. The minimum absolute atomic E-state index is 0.523. The molecule has 2 unspecified atom stereocenters. The van der Waals surface area contributed by atoms with Gasteiger partial charge in [-0.1, -0.05) is 33.8 Å². The molecular weight excluding hydrogens is 208 g/mol. The minimum Gasteiger partial charge on any atom is -0.314 e. The molecule has 0 radical (unpaired) electrons. The van der Waals surface area contributed by atoms with E-state index in [1.54, 1.807) is 0 Å². The van der Waals surface area contributed by atoms with Crippen molar-refractivity contribution in [2.75, 3.05) is 6.54 Å². The first-order chi connectivity index (χ1) is 8.04. The molecule has 1 heterocycles. The van der Waals surface area contributed by atoms with E-state index in [4.69, 9.17) is 0 Å². The maximum atomic E-state index is 4.50. The van der Waals surface area contributed by atoms with Gasteiger partial charge in [-0.05, 0) is 36.9 Å². The minimum atomic E-state index is 0.523. The fourth-order valence-corrected chi connectivity index (χ4v) is 2.02. The Bertz CT molecular complexity index is 316. The van der Waals surface area contributed by atoms with E-state index in [9.17, 15) is 0 Å². The molecule has 0 aromatic carbocycles. The van der Waals surface area contributed by atoms with E-state index in [1.807, 2.05) is 6.20 Å². The van der Waals surface area contributed by atoms with Crippen LogP contribution >= 0.6 is 0 Å². The molecule has 0 aliphatic carbocycles. The second-order valence-electron chi connectivity index (χ2n) is 5.30. The van der Waals surface area contributed by atoms with E-state index in [2.05, 4.69) is 57.1 Å². The van der Waals surface area contributed by atoms with Gasteiger partial charge in [0, 0.05) is 24.4 Å². The summed E-state index contributed by atoms with van der Waals surface area (Å²) in [4.78, 5) is 4.50. The molecule has 1 N–H and O–H groups in total. The normalized spacial score (nSPS) is 14.9. The van der Waals surface area contributed by atoms with Gasteiger partial charge in [0.1, 0.15) is 0 Å². The molecule has 2 heteroatoms. The highest BCUT2D eigenvalue weighted by Crippen LogP contribution is 2.17. The van der Waals surface area contributed by atoms with Crippen LogP contribution in [0.15, 0.2) is 18.3 Å². The Hall–Kier alpha value is -0.890. The van der Waals surface area contributed by atoms with E-state index in [1.165, 1.54) is 11.3 Å². The smallest absolute Gasteiger partial charge is 0.0419 e. The predicted molar refractivity (Wildman–Crippen MR) is 74.1 cm³/mol. The van der Waals surface area contributed by atoms with Crippen molar-refractivity contribution in [1.29, 1.82) is 0 Å². The Morgan fingerprint density at radius 1 is 1.24 bits per heavy atom. The lowest BCUT2D eigenvalue weighted by atomic mass is 9.87. The summed E-state index contributed by atoms with van der Waals surface area (Å²) in [7, 11) is 0. The first-order valence-electron chi connectivity index (χ1n) is 6.69. The van der Waals surface area contributed by atoms with Gasteiger partial charge in [-0.15, -0.1) is 0 Å². The third-order valence-corrected chi connectivity index (χ3v) is 3.55. The molecule has 0 saturated carbocycles. The number of aryl methyl sites for hydroxylation is 1. The summed E-state index contributed by atoms with van der Waals surface area (Å²) in [6, 6.07) is 4.81. The highest BCUT2D eigenvalue weighted by atomic mass is 14.9. The molecule has 0 saturated heterocycles. The van der Waals surface area contributed by atoms with E-state index in [0.717, 1.165) is 13.0 Å². The average molecular weight is 234 g/mol. The van der Waals surface area contributed by atoms with Gasteiger partial charge in [-0.3, -0.25) is 4.98 Å². The number of rotatable bonds is 6. The van der Waals surface area contributed by atoms with Crippen molar-refractivity contribution in [3.05, 3.63) is 29.6 Å². The van der Waals surface area contributed by atoms with Crippen molar-refractivity contribution < 1.29 is 0 Å². The zero-order valence-electron chi connectivity index (χ0n) is 11.8. The van der Waals surface area contributed by atoms with E-state index >= 15 is 0 Å². The molecule has 0 aliphatic heterocycles. The number of likely N-dealkylation sites (N-methyl/N-ethyl adjacent to an activating group) is 1. The maximum absolute atomic E-state index is 4.50. The Morgan fingerprint density at radius 2 is 1.94 bits per heavy atom. The Morgan fingerprint density at radius 3 is 2.41 bits per heavy atom. The van der Waals surface area contributed by atoms with Crippen LogP contribution in [0.2, 0.25) is 0 Å². The fraction of sp³-hybridized carbons (Fsp3) is 0.667. The second kappa shape index (κ2) is 6.75. The van der Waals surface area contributed by atoms with Gasteiger partial charge in [0.15, 0.2) is 0 Å². The van der Waals surface area contributed by atoms with E-state index in [0.29, 0.717) is 17.9 Å². The number of pyridine rings is 1. The number of nitrogens with one attached hydrogen (secondary N) is 1. The van der Waals surface area contributed by atoms with Crippen LogP contribution in [0.4, 0.5) is 0 Å². The number of nitrogens with zero attached hydrogens (tertiary/aromatic N) is 1. The lowest BCUT2D eigenvalue weighted by Gasteiger charge is -2.27. The van der Waals surface area contributed by atoms with E-state index in [-0.39, 0.29) is 0 Å². The topological polar surface area (TPSA) is 24.9 Å².